The van der Waals surface area contributed by atoms with Crippen LogP contribution < -0.4 is 4.74 Å². The van der Waals surface area contributed by atoms with E-state index in [1.807, 2.05) is 24.1 Å². The number of ether oxygens (including phenoxy) is 1. The maximum atomic E-state index is 14.7. The van der Waals surface area contributed by atoms with E-state index in [9.17, 15) is 18.7 Å². The number of fused-ring (bicyclic) bond motifs is 4. The molecule has 6 nitrogen and oxygen atoms in total. The van der Waals surface area contributed by atoms with Crippen molar-refractivity contribution < 1.29 is 23.4 Å². The summed E-state index contributed by atoms with van der Waals surface area (Å²) in [7, 11) is 3.64. The summed E-state index contributed by atoms with van der Waals surface area (Å²) in [6.07, 6.45) is 3.54. The Morgan fingerprint density at radius 2 is 1.89 bits per heavy atom. The fourth-order valence-corrected chi connectivity index (χ4v) is 6.66. The highest BCUT2D eigenvalue weighted by Crippen LogP contribution is 2.50. The van der Waals surface area contributed by atoms with Gasteiger partial charge in [-0.1, -0.05) is 0 Å². The number of aryl methyl sites for hydroxylation is 1. The first-order chi connectivity index (χ1) is 17.8. The lowest BCUT2D eigenvalue weighted by Crippen LogP contribution is -2.54. The van der Waals surface area contributed by atoms with Gasteiger partial charge in [-0.2, -0.15) is 0 Å². The maximum absolute atomic E-state index is 14.7. The molecule has 2 fully saturated rings. The highest BCUT2D eigenvalue weighted by Gasteiger charge is 2.49. The summed E-state index contributed by atoms with van der Waals surface area (Å²) in [5.41, 5.74) is 3.22. The summed E-state index contributed by atoms with van der Waals surface area (Å²) in [4.78, 5) is 16.9. The van der Waals surface area contributed by atoms with Crippen molar-refractivity contribution >= 4 is 16.8 Å². The van der Waals surface area contributed by atoms with E-state index in [0.717, 1.165) is 60.2 Å². The van der Waals surface area contributed by atoms with Gasteiger partial charge in [0.15, 0.2) is 0 Å². The van der Waals surface area contributed by atoms with Crippen molar-refractivity contribution in [2.24, 2.45) is 13.0 Å². The zero-order valence-corrected chi connectivity index (χ0v) is 21.3. The first-order valence-corrected chi connectivity index (χ1v) is 13.1. The quantitative estimate of drug-likeness (QED) is 0.558. The summed E-state index contributed by atoms with van der Waals surface area (Å²) in [5, 5.41) is 11.8. The van der Waals surface area contributed by atoms with Crippen LogP contribution in [-0.2, 0) is 23.8 Å². The Morgan fingerprint density at radius 1 is 1.14 bits per heavy atom. The third-order valence-electron chi connectivity index (χ3n) is 8.76. The van der Waals surface area contributed by atoms with Gasteiger partial charge in [-0.15, -0.1) is 0 Å². The number of methoxy groups -OCH3 is 1. The normalized spacial score (nSPS) is 21.4. The summed E-state index contributed by atoms with van der Waals surface area (Å²) in [5.74, 6) is 0.272. The molecule has 0 bridgehead atoms. The molecule has 1 aliphatic carbocycles. The molecule has 2 aliphatic heterocycles. The van der Waals surface area contributed by atoms with Crippen LogP contribution in [0.3, 0.4) is 0 Å². The minimum atomic E-state index is -0.479. The van der Waals surface area contributed by atoms with Crippen molar-refractivity contribution in [3.8, 4) is 5.75 Å². The molecular weight excluding hydrogens is 476 g/mol. The predicted octanol–water partition coefficient (Wildman–Crippen LogP) is 4.28. The lowest BCUT2D eigenvalue weighted by atomic mass is 9.68. The summed E-state index contributed by atoms with van der Waals surface area (Å²) in [6, 6.07) is 9.22. The van der Waals surface area contributed by atoms with Crippen LogP contribution in [0.25, 0.3) is 10.9 Å². The molecule has 37 heavy (non-hydrogen) atoms. The zero-order valence-electron chi connectivity index (χ0n) is 21.3. The highest BCUT2D eigenvalue weighted by molar-refractivity contribution is 5.89. The van der Waals surface area contributed by atoms with Gasteiger partial charge in [0, 0.05) is 67.3 Å². The van der Waals surface area contributed by atoms with E-state index in [4.69, 9.17) is 4.74 Å². The number of aliphatic hydroxyl groups excluding tert-OH is 1. The molecule has 8 heteroatoms. The van der Waals surface area contributed by atoms with E-state index in [0.29, 0.717) is 19.6 Å². The second-order valence-electron chi connectivity index (χ2n) is 10.9. The topological polar surface area (TPSA) is 57.9 Å². The number of likely N-dealkylation sites (tertiary alicyclic amines) is 1. The van der Waals surface area contributed by atoms with Crippen LogP contribution in [0.4, 0.5) is 8.78 Å². The first-order valence-electron chi connectivity index (χ1n) is 13.1. The molecule has 6 rings (SSSR count). The Morgan fingerprint density at radius 3 is 2.57 bits per heavy atom. The third kappa shape index (κ3) is 4.01. The van der Waals surface area contributed by atoms with Gasteiger partial charge in [0.05, 0.1) is 25.3 Å². The Balaban J connectivity index is 1.46. The molecule has 1 atom stereocenters. The van der Waals surface area contributed by atoms with E-state index in [2.05, 4.69) is 15.5 Å². The van der Waals surface area contributed by atoms with E-state index in [1.54, 1.807) is 7.11 Å². The van der Waals surface area contributed by atoms with Crippen LogP contribution in [-0.4, -0.2) is 58.7 Å². The summed E-state index contributed by atoms with van der Waals surface area (Å²) in [6.45, 7) is 1.98. The molecule has 1 spiro atoms. The van der Waals surface area contributed by atoms with Crippen LogP contribution in [0.5, 0.6) is 5.75 Å². The lowest BCUT2D eigenvalue weighted by Gasteiger charge is -2.50. The van der Waals surface area contributed by atoms with E-state index in [1.165, 1.54) is 11.6 Å². The first kappa shape index (κ1) is 24.4. The van der Waals surface area contributed by atoms with E-state index >= 15 is 0 Å². The predicted molar refractivity (Wildman–Crippen MR) is 136 cm³/mol. The second-order valence-corrected chi connectivity index (χ2v) is 10.9. The number of nitrogens with zero attached hydrogens (tertiary/aromatic N) is 3. The molecule has 2 aromatic carbocycles. The number of halogens is 2. The molecule has 3 aliphatic rings. The molecule has 1 N–H and O–H groups in total. The van der Waals surface area contributed by atoms with Crippen molar-refractivity contribution in [2.45, 2.75) is 43.7 Å². The van der Waals surface area contributed by atoms with Crippen LogP contribution in [0.15, 0.2) is 36.4 Å². The number of carbonyl (C=O) groups is 1. The fraction of sp³-hybridized carbons (Fsp3) is 0.483. The number of amides is 1. The summed E-state index contributed by atoms with van der Waals surface area (Å²) >= 11 is 0. The highest BCUT2D eigenvalue weighted by atomic mass is 19.1. The van der Waals surface area contributed by atoms with Crippen molar-refractivity contribution in [1.29, 1.82) is 0 Å². The second kappa shape index (κ2) is 9.10. The summed E-state index contributed by atoms with van der Waals surface area (Å²) < 4.78 is 36.4. The average Bonchev–Trinajstić information content (AvgIpc) is 3.71. The number of hydrogen-bond donors (Lipinski definition) is 1. The van der Waals surface area contributed by atoms with Crippen molar-refractivity contribution in [2.75, 3.05) is 33.4 Å². The largest absolute Gasteiger partial charge is 0.497 e. The standard InChI is InChI=1S/C29H33F2N3O3/c1-32-24-14-21(37-2)6-7-22(24)26-27(32)25(16-35)34(15-19-13-20(30)5-8-23(19)31)17-29(26)9-11-33(12-10-29)28(36)18-3-4-18/h5-8,13-14,18,25,35H,3-4,9-12,15-17H2,1-2H3/t25-/m0/s1. The van der Waals surface area contributed by atoms with Crippen molar-refractivity contribution in [1.82, 2.24) is 14.4 Å². The van der Waals surface area contributed by atoms with Crippen LogP contribution in [0, 0.1) is 17.6 Å². The van der Waals surface area contributed by atoms with Gasteiger partial charge >= 0.3 is 0 Å². The Labute approximate surface area is 215 Å². The molecular formula is C29H33F2N3O3. The molecule has 1 saturated heterocycles. The minimum absolute atomic E-state index is 0.145. The van der Waals surface area contributed by atoms with Gasteiger partial charge in [0.2, 0.25) is 5.91 Å². The molecule has 1 aromatic heterocycles. The smallest absolute Gasteiger partial charge is 0.225 e. The molecule has 196 valence electrons. The van der Waals surface area contributed by atoms with Gasteiger partial charge in [0.25, 0.3) is 0 Å². The van der Waals surface area contributed by atoms with E-state index < -0.39 is 11.6 Å². The van der Waals surface area contributed by atoms with Crippen molar-refractivity contribution in [3.05, 3.63) is 64.9 Å². The molecule has 1 amide bonds. The number of hydrogen-bond acceptors (Lipinski definition) is 4. The van der Waals surface area contributed by atoms with Gasteiger partial charge < -0.3 is 19.3 Å². The molecule has 1 saturated carbocycles. The number of piperidine rings is 1. The average molecular weight is 510 g/mol. The van der Waals surface area contributed by atoms with Crippen LogP contribution in [0.1, 0.15) is 48.5 Å². The molecule has 3 heterocycles. The number of aromatic nitrogens is 1. The molecule has 0 radical (unpaired) electrons. The maximum Gasteiger partial charge on any atom is 0.225 e. The molecule has 0 unspecified atom stereocenters. The van der Waals surface area contributed by atoms with Crippen LogP contribution >= 0.6 is 0 Å². The number of rotatable bonds is 5. The monoisotopic (exact) mass is 509 g/mol. The van der Waals surface area contributed by atoms with E-state index in [-0.39, 0.29) is 42.0 Å². The lowest BCUT2D eigenvalue weighted by molar-refractivity contribution is -0.134. The van der Waals surface area contributed by atoms with Gasteiger partial charge in [0.1, 0.15) is 17.4 Å². The van der Waals surface area contributed by atoms with Gasteiger partial charge in [-0.05, 0) is 61.6 Å². The fourth-order valence-electron chi connectivity index (χ4n) is 6.66. The van der Waals surface area contributed by atoms with Gasteiger partial charge in [-0.3, -0.25) is 9.69 Å². The SMILES string of the molecule is COc1ccc2c3c(n(C)c2c1)[C@H](CO)N(Cc1cc(F)ccc1F)CC31CCN(C(=O)C2CC2)CC1. The number of benzene rings is 2. The Kier molecular flexibility index (Phi) is 5.99. The Hall–Kier alpha value is -2.97. The van der Waals surface area contributed by atoms with Gasteiger partial charge in [-0.25, -0.2) is 8.78 Å². The number of aliphatic hydroxyl groups is 1. The van der Waals surface area contributed by atoms with Crippen molar-refractivity contribution in [3.63, 3.8) is 0 Å². The minimum Gasteiger partial charge on any atom is -0.497 e. The van der Waals surface area contributed by atoms with Crippen LogP contribution in [0.2, 0.25) is 0 Å². The Bertz CT molecular complexity index is 1360. The number of carbonyl (C=O) groups excluding carboxylic acids is 1. The molecule has 3 aromatic rings. The zero-order chi connectivity index (χ0) is 25.9. The third-order valence-corrected chi connectivity index (χ3v) is 8.76.